The molecule has 0 aliphatic carbocycles. The number of anilines is 1. The predicted octanol–water partition coefficient (Wildman–Crippen LogP) is 2.73. The van der Waals surface area contributed by atoms with Gasteiger partial charge in [0.1, 0.15) is 5.75 Å². The largest absolute Gasteiger partial charge is 0.495 e. The molecule has 0 fully saturated rings. The van der Waals surface area contributed by atoms with Gasteiger partial charge in [0.05, 0.1) is 11.6 Å². The van der Waals surface area contributed by atoms with E-state index >= 15 is 0 Å². The molecule has 0 aliphatic rings. The fourth-order valence-electron chi connectivity index (χ4n) is 1.24. The fourth-order valence-corrected chi connectivity index (χ4v) is 1.65. The first-order valence-electron chi connectivity index (χ1n) is 4.92. The highest BCUT2D eigenvalue weighted by molar-refractivity contribution is 9.10. The highest BCUT2D eigenvalue weighted by Gasteiger charge is 2.01. The monoisotopic (exact) mass is 287 g/mol. The molecule has 0 saturated carbocycles. The Bertz CT molecular complexity index is 368. The van der Waals surface area contributed by atoms with Crippen molar-refractivity contribution in [2.45, 2.75) is 12.8 Å². The number of rotatable bonds is 6. The molecule has 1 rings (SSSR count). The van der Waals surface area contributed by atoms with Crippen molar-refractivity contribution in [3.63, 3.8) is 0 Å². The second-order valence-corrected chi connectivity index (χ2v) is 4.13. The second-order valence-electron chi connectivity index (χ2n) is 3.27. The Morgan fingerprint density at radius 2 is 2.31 bits per heavy atom. The van der Waals surface area contributed by atoms with E-state index in [0.717, 1.165) is 15.9 Å². The highest BCUT2D eigenvalue weighted by Crippen LogP contribution is 2.27. The molecule has 88 valence electrons. The van der Waals surface area contributed by atoms with Gasteiger partial charge in [-0.05, 0) is 34.5 Å². The summed E-state index contributed by atoms with van der Waals surface area (Å²) in [5, 5.41) is 11.6. The third-order valence-corrected chi connectivity index (χ3v) is 2.70. The lowest BCUT2D eigenvalue weighted by atomic mass is 10.2. The van der Waals surface area contributed by atoms with Crippen molar-refractivity contribution in [2.24, 2.45) is 0 Å². The van der Waals surface area contributed by atoms with E-state index in [1.807, 2.05) is 18.2 Å². The SMILES string of the molecule is COc1cc(NCCCC(=O)O)ccc1Br. The molecule has 0 aromatic heterocycles. The van der Waals surface area contributed by atoms with Crippen molar-refractivity contribution < 1.29 is 14.6 Å². The van der Waals surface area contributed by atoms with E-state index in [1.54, 1.807) is 7.11 Å². The molecule has 0 amide bonds. The number of methoxy groups -OCH3 is 1. The minimum Gasteiger partial charge on any atom is -0.495 e. The van der Waals surface area contributed by atoms with Crippen LogP contribution in [0.4, 0.5) is 5.69 Å². The third kappa shape index (κ3) is 4.10. The van der Waals surface area contributed by atoms with Gasteiger partial charge in [-0.3, -0.25) is 4.79 Å². The number of carboxylic acids is 1. The molecule has 0 heterocycles. The number of carbonyl (C=O) groups is 1. The lowest BCUT2D eigenvalue weighted by molar-refractivity contribution is -0.137. The number of ether oxygens (including phenoxy) is 1. The van der Waals surface area contributed by atoms with Gasteiger partial charge >= 0.3 is 5.97 Å². The maximum Gasteiger partial charge on any atom is 0.303 e. The Hall–Kier alpha value is -1.23. The number of hydrogen-bond donors (Lipinski definition) is 2. The van der Waals surface area contributed by atoms with Gasteiger partial charge in [0.25, 0.3) is 0 Å². The zero-order chi connectivity index (χ0) is 12.0. The van der Waals surface area contributed by atoms with Crippen LogP contribution in [0.15, 0.2) is 22.7 Å². The minimum absolute atomic E-state index is 0.181. The van der Waals surface area contributed by atoms with Crippen LogP contribution in [0, 0.1) is 0 Å². The number of halogens is 1. The van der Waals surface area contributed by atoms with Crippen LogP contribution >= 0.6 is 15.9 Å². The van der Waals surface area contributed by atoms with Crippen LogP contribution in [0.1, 0.15) is 12.8 Å². The van der Waals surface area contributed by atoms with Crippen molar-refractivity contribution in [3.8, 4) is 5.75 Å². The van der Waals surface area contributed by atoms with E-state index in [4.69, 9.17) is 9.84 Å². The van der Waals surface area contributed by atoms with E-state index in [2.05, 4.69) is 21.2 Å². The molecule has 16 heavy (non-hydrogen) atoms. The quantitative estimate of drug-likeness (QED) is 0.790. The summed E-state index contributed by atoms with van der Waals surface area (Å²) in [7, 11) is 1.61. The summed E-state index contributed by atoms with van der Waals surface area (Å²) in [6, 6.07) is 5.66. The smallest absolute Gasteiger partial charge is 0.303 e. The highest BCUT2D eigenvalue weighted by atomic mass is 79.9. The van der Waals surface area contributed by atoms with E-state index < -0.39 is 5.97 Å². The molecule has 0 saturated heterocycles. The van der Waals surface area contributed by atoms with Gasteiger partial charge in [-0.15, -0.1) is 0 Å². The summed E-state index contributed by atoms with van der Waals surface area (Å²) in [5.41, 5.74) is 0.922. The van der Waals surface area contributed by atoms with Crippen LogP contribution in [0.2, 0.25) is 0 Å². The summed E-state index contributed by atoms with van der Waals surface area (Å²) in [6.07, 6.45) is 0.786. The van der Waals surface area contributed by atoms with E-state index in [0.29, 0.717) is 13.0 Å². The Balaban J connectivity index is 2.45. The molecule has 0 unspecified atom stereocenters. The number of benzene rings is 1. The van der Waals surface area contributed by atoms with Crippen molar-refractivity contribution in [2.75, 3.05) is 19.0 Å². The normalized spacial score (nSPS) is 9.88. The number of carboxylic acid groups (broad SMARTS) is 1. The van der Waals surface area contributed by atoms with Crippen LogP contribution in [-0.4, -0.2) is 24.7 Å². The Morgan fingerprint density at radius 3 is 2.94 bits per heavy atom. The summed E-state index contributed by atoms with van der Waals surface area (Å²) in [6.45, 7) is 0.636. The molecule has 2 N–H and O–H groups in total. The van der Waals surface area contributed by atoms with Crippen LogP contribution in [0.5, 0.6) is 5.75 Å². The molecular formula is C11H14BrNO3. The standard InChI is InChI=1S/C11H14BrNO3/c1-16-10-7-8(4-5-9(10)12)13-6-2-3-11(14)15/h4-5,7,13H,2-3,6H2,1H3,(H,14,15). The first kappa shape index (κ1) is 12.8. The first-order valence-corrected chi connectivity index (χ1v) is 5.72. The molecule has 4 nitrogen and oxygen atoms in total. The summed E-state index contributed by atoms with van der Waals surface area (Å²) in [5.74, 6) is -0.0154. The Kier molecular flexibility index (Phi) is 5.11. The number of aliphatic carboxylic acids is 1. The zero-order valence-corrected chi connectivity index (χ0v) is 10.6. The number of nitrogens with one attached hydrogen (secondary N) is 1. The molecule has 1 aromatic rings. The van der Waals surface area contributed by atoms with E-state index in [1.165, 1.54) is 0 Å². The van der Waals surface area contributed by atoms with Crippen LogP contribution < -0.4 is 10.1 Å². The molecule has 1 aromatic carbocycles. The van der Waals surface area contributed by atoms with Crippen molar-refractivity contribution in [1.82, 2.24) is 0 Å². The van der Waals surface area contributed by atoms with Crippen molar-refractivity contribution in [1.29, 1.82) is 0 Å². The molecule has 0 aliphatic heterocycles. The van der Waals surface area contributed by atoms with Gasteiger partial charge in [0.15, 0.2) is 0 Å². The summed E-state index contributed by atoms with van der Waals surface area (Å²) < 4.78 is 6.04. The summed E-state index contributed by atoms with van der Waals surface area (Å²) in [4.78, 5) is 10.3. The number of hydrogen-bond acceptors (Lipinski definition) is 3. The topological polar surface area (TPSA) is 58.6 Å². The maximum absolute atomic E-state index is 10.3. The summed E-state index contributed by atoms with van der Waals surface area (Å²) >= 11 is 3.36. The molecule has 0 atom stereocenters. The van der Waals surface area contributed by atoms with Crippen LogP contribution in [0.25, 0.3) is 0 Å². The zero-order valence-electron chi connectivity index (χ0n) is 9.00. The van der Waals surface area contributed by atoms with Gasteiger partial charge in [0.2, 0.25) is 0 Å². The van der Waals surface area contributed by atoms with Crippen molar-refractivity contribution in [3.05, 3.63) is 22.7 Å². The molecule has 0 spiro atoms. The Labute approximate surface area is 103 Å². The predicted molar refractivity (Wildman–Crippen MR) is 66.1 cm³/mol. The van der Waals surface area contributed by atoms with Gasteiger partial charge in [0, 0.05) is 24.7 Å². The lowest BCUT2D eigenvalue weighted by Gasteiger charge is -2.08. The molecule has 0 bridgehead atoms. The van der Waals surface area contributed by atoms with Gasteiger partial charge in [-0.2, -0.15) is 0 Å². The maximum atomic E-state index is 10.3. The lowest BCUT2D eigenvalue weighted by Crippen LogP contribution is -2.04. The Morgan fingerprint density at radius 1 is 1.56 bits per heavy atom. The van der Waals surface area contributed by atoms with Gasteiger partial charge in [-0.1, -0.05) is 0 Å². The van der Waals surface area contributed by atoms with Crippen LogP contribution in [-0.2, 0) is 4.79 Å². The van der Waals surface area contributed by atoms with Gasteiger partial charge in [-0.25, -0.2) is 0 Å². The average Bonchev–Trinajstić information content (AvgIpc) is 2.26. The van der Waals surface area contributed by atoms with Crippen molar-refractivity contribution >= 4 is 27.6 Å². The molecule has 0 radical (unpaired) electrons. The molecular weight excluding hydrogens is 274 g/mol. The fraction of sp³-hybridized carbons (Fsp3) is 0.364. The molecule has 5 heteroatoms. The van der Waals surface area contributed by atoms with E-state index in [9.17, 15) is 4.79 Å². The van der Waals surface area contributed by atoms with Gasteiger partial charge < -0.3 is 15.2 Å². The second kappa shape index (κ2) is 6.37. The van der Waals surface area contributed by atoms with E-state index in [-0.39, 0.29) is 6.42 Å². The third-order valence-electron chi connectivity index (χ3n) is 2.05. The minimum atomic E-state index is -0.768. The first-order chi connectivity index (χ1) is 7.63. The average molecular weight is 288 g/mol. The van der Waals surface area contributed by atoms with Crippen LogP contribution in [0.3, 0.4) is 0 Å².